The molecular formula is C27H28N4O3S. The standard InChI is InChI=1S/C27H28N4O3S/c1-18-28-20(17-35-18)16-30-10-12-31(13-11-30)27(32)22-15-24(29-23-7-5-4-6-21(22)23)19-8-9-25(33-2)26(14-19)34-3/h4-9,14-15,17H,10-13,16H2,1-3H3. The molecule has 3 heterocycles. The van der Waals surface area contributed by atoms with Gasteiger partial charge >= 0.3 is 0 Å². The molecule has 2 aromatic carbocycles. The number of aromatic nitrogens is 2. The highest BCUT2D eigenvalue weighted by molar-refractivity contribution is 7.09. The van der Waals surface area contributed by atoms with E-state index in [2.05, 4.69) is 15.3 Å². The van der Waals surface area contributed by atoms with E-state index in [1.54, 1.807) is 25.6 Å². The Morgan fingerprint density at radius 1 is 0.971 bits per heavy atom. The van der Waals surface area contributed by atoms with Crippen LogP contribution < -0.4 is 9.47 Å². The van der Waals surface area contributed by atoms with Gasteiger partial charge in [0, 0.05) is 49.1 Å². The second-order valence-corrected chi connectivity index (χ2v) is 9.63. The molecule has 5 rings (SSSR count). The largest absolute Gasteiger partial charge is 0.493 e. The number of benzene rings is 2. The number of para-hydroxylation sites is 1. The second kappa shape index (κ2) is 10.0. The Labute approximate surface area is 208 Å². The average Bonchev–Trinajstić information content (AvgIpc) is 3.31. The lowest BCUT2D eigenvalue weighted by atomic mass is 10.0. The Hall–Kier alpha value is -3.49. The summed E-state index contributed by atoms with van der Waals surface area (Å²) in [5.74, 6) is 1.31. The van der Waals surface area contributed by atoms with Gasteiger partial charge in [0.15, 0.2) is 11.5 Å². The molecule has 0 saturated carbocycles. The number of nitrogens with zero attached hydrogens (tertiary/aromatic N) is 4. The van der Waals surface area contributed by atoms with Crippen molar-refractivity contribution in [3.63, 3.8) is 0 Å². The number of amides is 1. The Bertz CT molecular complexity index is 1360. The van der Waals surface area contributed by atoms with Gasteiger partial charge in [0.1, 0.15) is 0 Å². The normalized spacial score (nSPS) is 14.3. The molecule has 1 aliphatic rings. The minimum Gasteiger partial charge on any atom is -0.493 e. The highest BCUT2D eigenvalue weighted by Gasteiger charge is 2.25. The summed E-state index contributed by atoms with van der Waals surface area (Å²) in [5.41, 5.74) is 4.16. The number of rotatable bonds is 6. The molecule has 2 aromatic heterocycles. The first-order valence-corrected chi connectivity index (χ1v) is 12.5. The number of pyridine rings is 1. The number of piperazine rings is 1. The summed E-state index contributed by atoms with van der Waals surface area (Å²) in [7, 11) is 3.22. The van der Waals surface area contributed by atoms with Crippen LogP contribution in [-0.2, 0) is 6.54 Å². The number of hydrogen-bond acceptors (Lipinski definition) is 7. The first-order valence-electron chi connectivity index (χ1n) is 11.6. The molecule has 1 aliphatic heterocycles. The maximum atomic E-state index is 13.7. The lowest BCUT2D eigenvalue weighted by Crippen LogP contribution is -2.48. The second-order valence-electron chi connectivity index (χ2n) is 8.57. The van der Waals surface area contributed by atoms with E-state index in [0.29, 0.717) is 30.2 Å². The van der Waals surface area contributed by atoms with Crippen LogP contribution in [0.4, 0.5) is 0 Å². The minimum atomic E-state index is 0.0366. The fourth-order valence-electron chi connectivity index (χ4n) is 4.49. The maximum Gasteiger partial charge on any atom is 0.254 e. The molecule has 0 radical (unpaired) electrons. The number of carbonyl (C=O) groups is 1. The molecule has 1 saturated heterocycles. The Kier molecular flexibility index (Phi) is 6.66. The summed E-state index contributed by atoms with van der Waals surface area (Å²) in [4.78, 5) is 27.4. The van der Waals surface area contributed by atoms with Crippen LogP contribution in [0.1, 0.15) is 21.1 Å². The van der Waals surface area contributed by atoms with Crippen molar-refractivity contribution in [2.75, 3.05) is 40.4 Å². The number of ether oxygens (including phenoxy) is 2. The van der Waals surface area contributed by atoms with Crippen LogP contribution >= 0.6 is 11.3 Å². The third-order valence-corrected chi connectivity index (χ3v) is 7.16. The van der Waals surface area contributed by atoms with Crippen molar-refractivity contribution in [3.05, 3.63) is 70.2 Å². The average molecular weight is 489 g/mol. The molecule has 180 valence electrons. The molecule has 1 fully saturated rings. The van der Waals surface area contributed by atoms with E-state index in [1.165, 1.54) is 0 Å². The molecule has 0 spiro atoms. The van der Waals surface area contributed by atoms with Crippen molar-refractivity contribution < 1.29 is 14.3 Å². The number of aryl methyl sites for hydroxylation is 1. The fraction of sp³-hybridized carbons (Fsp3) is 0.296. The Morgan fingerprint density at radius 3 is 2.46 bits per heavy atom. The molecule has 0 bridgehead atoms. The highest BCUT2D eigenvalue weighted by Crippen LogP contribution is 2.33. The van der Waals surface area contributed by atoms with Crippen LogP contribution in [0, 0.1) is 6.92 Å². The molecule has 0 aliphatic carbocycles. The predicted octanol–water partition coefficient (Wildman–Crippen LogP) is 4.64. The number of carbonyl (C=O) groups excluding carboxylic acids is 1. The zero-order chi connectivity index (χ0) is 24.4. The summed E-state index contributed by atoms with van der Waals surface area (Å²) in [6.07, 6.45) is 0. The predicted molar refractivity (Wildman–Crippen MR) is 138 cm³/mol. The number of methoxy groups -OCH3 is 2. The van der Waals surface area contributed by atoms with Gasteiger partial charge in [-0.05, 0) is 37.3 Å². The summed E-state index contributed by atoms with van der Waals surface area (Å²) < 4.78 is 10.8. The van der Waals surface area contributed by atoms with Crippen molar-refractivity contribution in [2.45, 2.75) is 13.5 Å². The SMILES string of the molecule is COc1ccc(-c2cc(C(=O)N3CCN(Cc4csc(C)n4)CC3)c3ccccc3n2)cc1OC. The van der Waals surface area contributed by atoms with Crippen LogP contribution in [0.15, 0.2) is 53.9 Å². The quantitative estimate of drug-likeness (QED) is 0.394. The fourth-order valence-corrected chi connectivity index (χ4v) is 5.09. The Morgan fingerprint density at radius 2 is 1.74 bits per heavy atom. The third kappa shape index (κ3) is 4.85. The summed E-state index contributed by atoms with van der Waals surface area (Å²) in [5, 5.41) is 4.07. The molecule has 0 unspecified atom stereocenters. The van der Waals surface area contributed by atoms with E-state index in [4.69, 9.17) is 14.5 Å². The van der Waals surface area contributed by atoms with Gasteiger partial charge in [-0.3, -0.25) is 9.69 Å². The van der Waals surface area contributed by atoms with Crippen LogP contribution in [0.25, 0.3) is 22.2 Å². The van der Waals surface area contributed by atoms with E-state index in [1.807, 2.05) is 60.4 Å². The molecule has 0 atom stereocenters. The van der Waals surface area contributed by atoms with Crippen molar-refractivity contribution in [1.82, 2.24) is 19.8 Å². The van der Waals surface area contributed by atoms with E-state index in [9.17, 15) is 4.79 Å². The van der Waals surface area contributed by atoms with Gasteiger partial charge in [0.05, 0.1) is 41.7 Å². The van der Waals surface area contributed by atoms with Crippen LogP contribution in [-0.4, -0.2) is 66.1 Å². The van der Waals surface area contributed by atoms with E-state index >= 15 is 0 Å². The molecule has 35 heavy (non-hydrogen) atoms. The first kappa shape index (κ1) is 23.3. The zero-order valence-electron chi connectivity index (χ0n) is 20.2. The third-order valence-electron chi connectivity index (χ3n) is 6.34. The van der Waals surface area contributed by atoms with Gasteiger partial charge in [0.25, 0.3) is 5.91 Å². The van der Waals surface area contributed by atoms with Gasteiger partial charge in [-0.25, -0.2) is 9.97 Å². The van der Waals surface area contributed by atoms with Gasteiger partial charge in [0.2, 0.25) is 0 Å². The van der Waals surface area contributed by atoms with Gasteiger partial charge < -0.3 is 14.4 Å². The van der Waals surface area contributed by atoms with E-state index < -0.39 is 0 Å². The highest BCUT2D eigenvalue weighted by atomic mass is 32.1. The van der Waals surface area contributed by atoms with Crippen molar-refractivity contribution in [3.8, 4) is 22.8 Å². The van der Waals surface area contributed by atoms with Crippen molar-refractivity contribution in [1.29, 1.82) is 0 Å². The lowest BCUT2D eigenvalue weighted by Gasteiger charge is -2.34. The van der Waals surface area contributed by atoms with Crippen LogP contribution in [0.3, 0.4) is 0 Å². The minimum absolute atomic E-state index is 0.0366. The summed E-state index contributed by atoms with van der Waals surface area (Å²) >= 11 is 1.68. The number of hydrogen-bond donors (Lipinski definition) is 0. The number of fused-ring (bicyclic) bond motifs is 1. The van der Waals surface area contributed by atoms with E-state index in [-0.39, 0.29) is 5.91 Å². The van der Waals surface area contributed by atoms with Crippen molar-refractivity contribution in [2.24, 2.45) is 0 Å². The Balaban J connectivity index is 1.41. The maximum absolute atomic E-state index is 13.7. The smallest absolute Gasteiger partial charge is 0.254 e. The molecule has 8 heteroatoms. The monoisotopic (exact) mass is 488 g/mol. The van der Waals surface area contributed by atoms with Gasteiger partial charge in [-0.2, -0.15) is 0 Å². The van der Waals surface area contributed by atoms with E-state index in [0.717, 1.165) is 52.5 Å². The van der Waals surface area contributed by atoms with Crippen LogP contribution in [0.5, 0.6) is 11.5 Å². The summed E-state index contributed by atoms with van der Waals surface area (Å²) in [6.45, 7) is 5.88. The topological polar surface area (TPSA) is 67.8 Å². The zero-order valence-corrected chi connectivity index (χ0v) is 21.0. The molecule has 7 nitrogen and oxygen atoms in total. The van der Waals surface area contributed by atoms with Crippen molar-refractivity contribution >= 4 is 28.1 Å². The first-order chi connectivity index (χ1) is 17.1. The lowest BCUT2D eigenvalue weighted by molar-refractivity contribution is 0.0629. The van der Waals surface area contributed by atoms with Gasteiger partial charge in [-0.15, -0.1) is 11.3 Å². The molecule has 0 N–H and O–H groups in total. The molecule has 1 amide bonds. The molecule has 4 aromatic rings. The number of thiazole rings is 1. The van der Waals surface area contributed by atoms with Gasteiger partial charge in [-0.1, -0.05) is 18.2 Å². The summed E-state index contributed by atoms with van der Waals surface area (Å²) in [6, 6.07) is 15.4. The molecular weight excluding hydrogens is 460 g/mol. The van der Waals surface area contributed by atoms with Crippen LogP contribution in [0.2, 0.25) is 0 Å².